The molecule has 0 spiro atoms. The van der Waals surface area contributed by atoms with Gasteiger partial charge in [0.25, 0.3) is 0 Å². The minimum atomic E-state index is -0.343. The Balaban J connectivity index is 1.50. The highest BCUT2D eigenvalue weighted by atomic mass is 32.2. The molecule has 0 saturated heterocycles. The first kappa shape index (κ1) is 25.1. The van der Waals surface area contributed by atoms with Crippen LogP contribution in [0.2, 0.25) is 0 Å². The number of para-hydroxylation sites is 1. The Morgan fingerprint density at radius 1 is 0.806 bits per heavy atom. The Bertz CT molecular complexity index is 1280. The Labute approximate surface area is 216 Å². The molecule has 4 aromatic carbocycles. The highest BCUT2D eigenvalue weighted by Crippen LogP contribution is 2.32. The van der Waals surface area contributed by atoms with Crippen molar-refractivity contribution in [3.05, 3.63) is 115 Å². The highest BCUT2D eigenvalue weighted by molar-refractivity contribution is 7.99. The van der Waals surface area contributed by atoms with Gasteiger partial charge >= 0.3 is 12.0 Å². The van der Waals surface area contributed by atoms with Crippen molar-refractivity contribution in [1.82, 2.24) is 0 Å². The van der Waals surface area contributed by atoms with Crippen molar-refractivity contribution in [2.24, 2.45) is 0 Å². The number of carbonyl (C=O) groups excluding carboxylic acids is 2. The van der Waals surface area contributed by atoms with Crippen molar-refractivity contribution < 1.29 is 14.3 Å². The first-order chi connectivity index (χ1) is 17.6. The predicted molar refractivity (Wildman–Crippen MR) is 146 cm³/mol. The SMILES string of the molecule is CC(=O)Oc1ccc(Sc2cccc(N(CCCc3ccccc3)C(=O)Nc3ccccc3)c2)cc1. The van der Waals surface area contributed by atoms with Crippen LogP contribution in [0.15, 0.2) is 119 Å². The second-order valence-electron chi connectivity index (χ2n) is 8.20. The first-order valence-corrected chi connectivity index (χ1v) is 12.6. The number of aryl methyl sites for hydroxylation is 1. The third-order valence-corrected chi connectivity index (χ3v) is 6.41. The Kier molecular flexibility index (Phi) is 8.78. The number of urea groups is 1. The molecule has 0 saturated carbocycles. The minimum absolute atomic E-state index is 0.165. The van der Waals surface area contributed by atoms with E-state index in [-0.39, 0.29) is 12.0 Å². The summed E-state index contributed by atoms with van der Waals surface area (Å²) in [7, 11) is 0. The topological polar surface area (TPSA) is 58.6 Å². The third kappa shape index (κ3) is 7.48. The van der Waals surface area contributed by atoms with E-state index in [4.69, 9.17) is 4.74 Å². The summed E-state index contributed by atoms with van der Waals surface area (Å²) in [5.41, 5.74) is 2.84. The van der Waals surface area contributed by atoms with Crippen molar-refractivity contribution in [2.75, 3.05) is 16.8 Å². The molecule has 2 amide bonds. The number of carbonyl (C=O) groups is 2. The Morgan fingerprint density at radius 3 is 2.19 bits per heavy atom. The van der Waals surface area contributed by atoms with E-state index in [0.717, 1.165) is 34.0 Å². The molecule has 6 heteroatoms. The van der Waals surface area contributed by atoms with E-state index in [9.17, 15) is 9.59 Å². The van der Waals surface area contributed by atoms with Crippen LogP contribution in [-0.4, -0.2) is 18.5 Å². The lowest BCUT2D eigenvalue weighted by Gasteiger charge is -2.24. The van der Waals surface area contributed by atoms with E-state index < -0.39 is 0 Å². The molecule has 0 radical (unpaired) electrons. The number of benzene rings is 4. The van der Waals surface area contributed by atoms with Crippen LogP contribution in [0.5, 0.6) is 5.75 Å². The second kappa shape index (κ2) is 12.6. The van der Waals surface area contributed by atoms with Crippen molar-refractivity contribution in [1.29, 1.82) is 0 Å². The van der Waals surface area contributed by atoms with Gasteiger partial charge in [0.2, 0.25) is 0 Å². The summed E-state index contributed by atoms with van der Waals surface area (Å²) in [4.78, 5) is 28.3. The van der Waals surface area contributed by atoms with E-state index in [1.54, 1.807) is 28.8 Å². The number of ether oxygens (including phenoxy) is 1. The molecular weight excluding hydrogens is 468 g/mol. The number of amides is 2. The number of nitrogens with zero attached hydrogens (tertiary/aromatic N) is 1. The lowest BCUT2D eigenvalue weighted by molar-refractivity contribution is -0.131. The van der Waals surface area contributed by atoms with Gasteiger partial charge in [0.15, 0.2) is 0 Å². The molecule has 0 aliphatic heterocycles. The minimum Gasteiger partial charge on any atom is -0.427 e. The van der Waals surface area contributed by atoms with Crippen molar-refractivity contribution >= 4 is 35.1 Å². The molecule has 1 N–H and O–H groups in total. The smallest absolute Gasteiger partial charge is 0.326 e. The molecule has 0 bridgehead atoms. The van der Waals surface area contributed by atoms with E-state index in [1.165, 1.54) is 12.5 Å². The maximum Gasteiger partial charge on any atom is 0.326 e. The van der Waals surface area contributed by atoms with Gasteiger partial charge in [-0.15, -0.1) is 0 Å². The lowest BCUT2D eigenvalue weighted by Crippen LogP contribution is -2.36. The van der Waals surface area contributed by atoms with Crippen LogP contribution in [0.3, 0.4) is 0 Å². The summed E-state index contributed by atoms with van der Waals surface area (Å²) in [6.45, 7) is 1.96. The van der Waals surface area contributed by atoms with Gasteiger partial charge in [0.05, 0.1) is 0 Å². The third-order valence-electron chi connectivity index (χ3n) is 5.41. The first-order valence-electron chi connectivity index (χ1n) is 11.8. The van der Waals surface area contributed by atoms with Crippen LogP contribution in [0.25, 0.3) is 0 Å². The van der Waals surface area contributed by atoms with Gasteiger partial charge in [-0.05, 0) is 73.0 Å². The van der Waals surface area contributed by atoms with Crippen LogP contribution >= 0.6 is 11.8 Å². The van der Waals surface area contributed by atoms with Crippen LogP contribution in [0.1, 0.15) is 18.9 Å². The molecule has 0 atom stereocenters. The lowest BCUT2D eigenvalue weighted by atomic mass is 10.1. The molecule has 0 aliphatic carbocycles. The standard InChI is InChI=1S/C30H28N2O3S/c1-23(33)35-27-17-19-28(20-18-27)36-29-16-8-15-26(22-29)32(21-9-12-24-10-4-2-5-11-24)30(34)31-25-13-6-3-7-14-25/h2-8,10-11,13-20,22H,9,12,21H2,1H3,(H,31,34). The normalized spacial score (nSPS) is 10.5. The zero-order valence-electron chi connectivity index (χ0n) is 20.1. The molecule has 36 heavy (non-hydrogen) atoms. The summed E-state index contributed by atoms with van der Waals surface area (Å²) in [6.07, 6.45) is 1.72. The van der Waals surface area contributed by atoms with Gasteiger partial charge in [0, 0.05) is 34.6 Å². The number of esters is 1. The fraction of sp³-hybridized carbons (Fsp3) is 0.133. The van der Waals surface area contributed by atoms with Crippen molar-refractivity contribution in [2.45, 2.75) is 29.6 Å². The average Bonchev–Trinajstić information content (AvgIpc) is 2.89. The second-order valence-corrected chi connectivity index (χ2v) is 9.35. The summed E-state index contributed by atoms with van der Waals surface area (Å²) in [5, 5.41) is 3.02. The summed E-state index contributed by atoms with van der Waals surface area (Å²) >= 11 is 1.58. The average molecular weight is 497 g/mol. The predicted octanol–water partition coefficient (Wildman–Crippen LogP) is 7.43. The van der Waals surface area contributed by atoms with E-state index in [2.05, 4.69) is 17.4 Å². The maximum absolute atomic E-state index is 13.3. The van der Waals surface area contributed by atoms with E-state index >= 15 is 0 Å². The van der Waals surface area contributed by atoms with Crippen LogP contribution in [0, 0.1) is 0 Å². The van der Waals surface area contributed by atoms with Crippen LogP contribution in [-0.2, 0) is 11.2 Å². The van der Waals surface area contributed by atoms with Crippen molar-refractivity contribution in [3.63, 3.8) is 0 Å². The number of nitrogens with one attached hydrogen (secondary N) is 1. The fourth-order valence-electron chi connectivity index (χ4n) is 3.74. The molecule has 0 fully saturated rings. The zero-order valence-corrected chi connectivity index (χ0v) is 20.9. The largest absolute Gasteiger partial charge is 0.427 e. The monoisotopic (exact) mass is 496 g/mol. The Hall–Kier alpha value is -4.03. The number of anilines is 2. The summed E-state index contributed by atoms with van der Waals surface area (Å²) in [5.74, 6) is 0.173. The zero-order chi connectivity index (χ0) is 25.2. The quantitative estimate of drug-likeness (QED) is 0.193. The van der Waals surface area contributed by atoms with Gasteiger partial charge < -0.3 is 10.1 Å². The Morgan fingerprint density at radius 2 is 1.50 bits per heavy atom. The number of hydrogen-bond donors (Lipinski definition) is 1. The fourth-order valence-corrected chi connectivity index (χ4v) is 4.61. The molecule has 0 aromatic heterocycles. The van der Waals surface area contributed by atoms with E-state index in [1.807, 2.05) is 84.9 Å². The number of hydrogen-bond acceptors (Lipinski definition) is 4. The van der Waals surface area contributed by atoms with Gasteiger partial charge in [-0.1, -0.05) is 66.4 Å². The van der Waals surface area contributed by atoms with Gasteiger partial charge in [-0.2, -0.15) is 0 Å². The molecule has 182 valence electrons. The van der Waals surface area contributed by atoms with Gasteiger partial charge in [0.1, 0.15) is 5.75 Å². The molecular formula is C30H28N2O3S. The highest BCUT2D eigenvalue weighted by Gasteiger charge is 2.16. The summed E-state index contributed by atoms with van der Waals surface area (Å²) in [6, 6.07) is 35.0. The van der Waals surface area contributed by atoms with E-state index in [0.29, 0.717) is 12.3 Å². The van der Waals surface area contributed by atoms with Gasteiger partial charge in [-0.25, -0.2) is 4.79 Å². The molecule has 0 aliphatic rings. The van der Waals surface area contributed by atoms with Crippen molar-refractivity contribution in [3.8, 4) is 5.75 Å². The summed E-state index contributed by atoms with van der Waals surface area (Å²) < 4.78 is 5.12. The number of rotatable bonds is 9. The molecule has 0 unspecified atom stereocenters. The van der Waals surface area contributed by atoms with Gasteiger partial charge in [-0.3, -0.25) is 9.69 Å². The maximum atomic E-state index is 13.3. The molecule has 0 heterocycles. The van der Waals surface area contributed by atoms with Crippen LogP contribution < -0.4 is 15.0 Å². The molecule has 4 aromatic rings. The molecule has 4 rings (SSSR count). The molecule has 5 nitrogen and oxygen atoms in total. The van der Waals surface area contributed by atoms with Crippen LogP contribution in [0.4, 0.5) is 16.2 Å².